The van der Waals surface area contributed by atoms with Crippen molar-refractivity contribution < 1.29 is 23.8 Å². The first-order valence-corrected chi connectivity index (χ1v) is 7.94. The number of carbonyl (C=O) groups is 2. The monoisotopic (exact) mass is 361 g/mol. The first-order valence-electron chi connectivity index (χ1n) is 7.94. The van der Waals surface area contributed by atoms with Gasteiger partial charge >= 0.3 is 6.03 Å². The number of urea groups is 1. The summed E-state index contributed by atoms with van der Waals surface area (Å²) in [7, 11) is 1.47. The van der Waals surface area contributed by atoms with Crippen LogP contribution in [0.15, 0.2) is 42.5 Å². The van der Waals surface area contributed by atoms with Gasteiger partial charge < -0.3 is 25.8 Å². The molecule has 0 aliphatic rings. The number of carbonyl (C=O) groups excluding carboxylic acids is 2. The van der Waals surface area contributed by atoms with Crippen LogP contribution in [0.3, 0.4) is 0 Å². The SMILES string of the molecule is COc1ccc(C(=O)NCCCO)c(NC(=O)Nc2cccc(F)c2)c1. The minimum atomic E-state index is -0.631. The first-order chi connectivity index (χ1) is 12.5. The maximum absolute atomic E-state index is 13.2. The highest BCUT2D eigenvalue weighted by molar-refractivity contribution is 6.06. The van der Waals surface area contributed by atoms with Gasteiger partial charge in [0.15, 0.2) is 0 Å². The van der Waals surface area contributed by atoms with E-state index in [1.54, 1.807) is 6.07 Å². The summed E-state index contributed by atoms with van der Waals surface area (Å²) in [5.74, 6) is -0.423. The minimum Gasteiger partial charge on any atom is -0.497 e. The molecule has 7 nitrogen and oxygen atoms in total. The second-order valence-corrected chi connectivity index (χ2v) is 5.33. The van der Waals surface area contributed by atoms with E-state index in [0.717, 1.165) is 0 Å². The lowest BCUT2D eigenvalue weighted by Crippen LogP contribution is -2.27. The second kappa shape index (κ2) is 9.38. The molecule has 0 saturated heterocycles. The fraction of sp³-hybridized carbons (Fsp3) is 0.222. The molecular formula is C18H20FN3O4. The van der Waals surface area contributed by atoms with Crippen molar-refractivity contribution in [2.75, 3.05) is 30.9 Å². The Morgan fingerprint density at radius 3 is 2.65 bits per heavy atom. The Labute approximate surface area is 150 Å². The Balaban J connectivity index is 2.14. The molecule has 138 valence electrons. The van der Waals surface area contributed by atoms with E-state index in [-0.39, 0.29) is 23.5 Å². The maximum atomic E-state index is 13.2. The largest absolute Gasteiger partial charge is 0.497 e. The molecular weight excluding hydrogens is 341 g/mol. The van der Waals surface area contributed by atoms with E-state index in [9.17, 15) is 14.0 Å². The standard InChI is InChI=1S/C18H20FN3O4/c1-26-14-6-7-15(17(24)20-8-3-9-23)16(11-14)22-18(25)21-13-5-2-4-12(19)10-13/h2,4-7,10-11,23H,3,8-9H2,1H3,(H,20,24)(H2,21,22,25). The summed E-state index contributed by atoms with van der Waals surface area (Å²) in [6, 6.07) is 9.43. The average Bonchev–Trinajstić information content (AvgIpc) is 2.61. The smallest absolute Gasteiger partial charge is 0.323 e. The summed E-state index contributed by atoms with van der Waals surface area (Å²) < 4.78 is 18.3. The second-order valence-electron chi connectivity index (χ2n) is 5.33. The van der Waals surface area contributed by atoms with Crippen molar-refractivity contribution in [2.24, 2.45) is 0 Å². The van der Waals surface area contributed by atoms with Gasteiger partial charge in [0.25, 0.3) is 5.91 Å². The van der Waals surface area contributed by atoms with Gasteiger partial charge in [-0.05, 0) is 36.8 Å². The van der Waals surface area contributed by atoms with Crippen molar-refractivity contribution in [1.29, 1.82) is 0 Å². The highest BCUT2D eigenvalue weighted by Crippen LogP contribution is 2.23. The molecule has 0 aromatic heterocycles. The Kier molecular flexibility index (Phi) is 6.92. The van der Waals surface area contributed by atoms with Crippen LogP contribution in [0.1, 0.15) is 16.8 Å². The molecule has 0 saturated carbocycles. The number of anilines is 2. The van der Waals surface area contributed by atoms with Crippen LogP contribution in [-0.4, -0.2) is 37.3 Å². The Morgan fingerprint density at radius 1 is 1.15 bits per heavy atom. The van der Waals surface area contributed by atoms with E-state index in [0.29, 0.717) is 18.7 Å². The summed E-state index contributed by atoms with van der Waals surface area (Å²) in [5, 5.41) is 16.5. The highest BCUT2D eigenvalue weighted by Gasteiger charge is 2.15. The third-order valence-corrected chi connectivity index (χ3v) is 3.42. The zero-order valence-electron chi connectivity index (χ0n) is 14.2. The van der Waals surface area contributed by atoms with Gasteiger partial charge in [-0.1, -0.05) is 6.07 Å². The van der Waals surface area contributed by atoms with Gasteiger partial charge in [0, 0.05) is 24.9 Å². The van der Waals surface area contributed by atoms with Crippen molar-refractivity contribution in [1.82, 2.24) is 5.32 Å². The Morgan fingerprint density at radius 2 is 1.96 bits per heavy atom. The highest BCUT2D eigenvalue weighted by atomic mass is 19.1. The first kappa shape index (κ1) is 19.2. The number of hydrogen-bond acceptors (Lipinski definition) is 4. The number of hydrogen-bond donors (Lipinski definition) is 4. The third-order valence-electron chi connectivity index (χ3n) is 3.42. The number of benzene rings is 2. The van der Waals surface area contributed by atoms with Crippen molar-refractivity contribution in [3.63, 3.8) is 0 Å². The predicted molar refractivity (Wildman–Crippen MR) is 96.1 cm³/mol. The Hall–Kier alpha value is -3.13. The van der Waals surface area contributed by atoms with E-state index in [1.807, 2.05) is 0 Å². The van der Waals surface area contributed by atoms with E-state index < -0.39 is 17.8 Å². The van der Waals surface area contributed by atoms with Crippen LogP contribution in [0.2, 0.25) is 0 Å². The van der Waals surface area contributed by atoms with Crippen LogP contribution in [0, 0.1) is 5.82 Å². The van der Waals surface area contributed by atoms with Crippen molar-refractivity contribution >= 4 is 23.3 Å². The summed E-state index contributed by atoms with van der Waals surface area (Å²) >= 11 is 0. The van der Waals surface area contributed by atoms with Crippen molar-refractivity contribution in [3.05, 3.63) is 53.8 Å². The summed E-state index contributed by atoms with van der Waals surface area (Å²) in [6.07, 6.45) is 0.421. The van der Waals surface area contributed by atoms with E-state index >= 15 is 0 Å². The van der Waals surface area contributed by atoms with Crippen molar-refractivity contribution in [2.45, 2.75) is 6.42 Å². The maximum Gasteiger partial charge on any atom is 0.323 e. The molecule has 0 heterocycles. The zero-order valence-corrected chi connectivity index (χ0v) is 14.2. The summed E-state index contributed by atoms with van der Waals surface area (Å²) in [6.45, 7) is 0.264. The molecule has 0 bridgehead atoms. The van der Waals surface area contributed by atoms with Gasteiger partial charge in [-0.25, -0.2) is 9.18 Å². The molecule has 0 atom stereocenters. The fourth-order valence-electron chi connectivity index (χ4n) is 2.18. The van der Waals surface area contributed by atoms with Gasteiger partial charge in [-0.3, -0.25) is 4.79 Å². The Bertz CT molecular complexity index is 783. The van der Waals surface area contributed by atoms with E-state index in [1.165, 1.54) is 43.5 Å². The third kappa shape index (κ3) is 5.45. The fourth-order valence-corrected chi connectivity index (χ4v) is 2.18. The number of nitrogens with one attached hydrogen (secondary N) is 3. The molecule has 0 unspecified atom stereocenters. The molecule has 26 heavy (non-hydrogen) atoms. The number of halogens is 1. The van der Waals surface area contributed by atoms with E-state index in [2.05, 4.69) is 16.0 Å². The van der Waals surface area contributed by atoms with Gasteiger partial charge in [0.05, 0.1) is 18.4 Å². The molecule has 0 aliphatic heterocycles. The molecule has 0 radical (unpaired) electrons. The van der Waals surface area contributed by atoms with Gasteiger partial charge in [-0.2, -0.15) is 0 Å². The molecule has 2 aromatic rings. The number of amides is 3. The number of aliphatic hydroxyl groups excluding tert-OH is 1. The number of ether oxygens (including phenoxy) is 1. The minimum absolute atomic E-state index is 0.0377. The van der Waals surface area contributed by atoms with Gasteiger partial charge in [0.2, 0.25) is 0 Å². The van der Waals surface area contributed by atoms with Gasteiger partial charge in [-0.15, -0.1) is 0 Å². The van der Waals surface area contributed by atoms with Crippen LogP contribution in [0.25, 0.3) is 0 Å². The number of rotatable bonds is 7. The molecule has 0 fully saturated rings. The van der Waals surface area contributed by atoms with Crippen LogP contribution >= 0.6 is 0 Å². The lowest BCUT2D eigenvalue weighted by atomic mass is 10.1. The molecule has 8 heteroatoms. The quantitative estimate of drug-likeness (QED) is 0.570. The normalized spacial score (nSPS) is 10.1. The summed E-state index contributed by atoms with van der Waals surface area (Å²) in [4.78, 5) is 24.4. The topological polar surface area (TPSA) is 99.7 Å². The molecule has 0 aliphatic carbocycles. The van der Waals surface area contributed by atoms with Crippen LogP contribution in [-0.2, 0) is 0 Å². The van der Waals surface area contributed by atoms with Crippen LogP contribution in [0.4, 0.5) is 20.6 Å². The van der Waals surface area contributed by atoms with Crippen molar-refractivity contribution in [3.8, 4) is 5.75 Å². The summed E-state index contributed by atoms with van der Waals surface area (Å²) in [5.41, 5.74) is 0.747. The van der Waals surface area contributed by atoms with E-state index in [4.69, 9.17) is 9.84 Å². The van der Waals surface area contributed by atoms with Crippen LogP contribution < -0.4 is 20.7 Å². The molecule has 4 N–H and O–H groups in total. The molecule has 3 amide bonds. The zero-order chi connectivity index (χ0) is 18.9. The lowest BCUT2D eigenvalue weighted by molar-refractivity contribution is 0.0952. The van der Waals surface area contributed by atoms with Gasteiger partial charge in [0.1, 0.15) is 11.6 Å². The molecule has 2 rings (SSSR count). The van der Waals surface area contributed by atoms with Crippen LogP contribution in [0.5, 0.6) is 5.75 Å². The number of methoxy groups -OCH3 is 1. The average molecular weight is 361 g/mol. The molecule has 0 spiro atoms. The molecule has 2 aromatic carbocycles. The predicted octanol–water partition coefficient (Wildman–Crippen LogP) is 2.59. The lowest BCUT2D eigenvalue weighted by Gasteiger charge is -2.13. The number of aliphatic hydroxyl groups is 1.